The van der Waals surface area contributed by atoms with Gasteiger partial charge in [0.1, 0.15) is 0 Å². The maximum Gasteiger partial charge on any atom is 0.183 e. The first-order valence-corrected chi connectivity index (χ1v) is 4.71. The largest absolute Gasteiger partial charge is 0.423 e. The Balaban J connectivity index is 2.22. The van der Waals surface area contributed by atoms with Crippen molar-refractivity contribution in [3.63, 3.8) is 0 Å². The van der Waals surface area contributed by atoms with E-state index < -0.39 is 9.04 Å². The highest BCUT2D eigenvalue weighted by Gasteiger charge is 2.09. The molecule has 0 aromatic carbocycles. The predicted octanol–water partition coefficient (Wildman–Crippen LogP) is 0.926. The quantitative estimate of drug-likeness (QED) is 0.364. The van der Waals surface area contributed by atoms with Crippen molar-refractivity contribution in [3.8, 4) is 0 Å². The summed E-state index contributed by atoms with van der Waals surface area (Å²) in [6.45, 7) is 0. The molecule has 40 valence electrons. The fourth-order valence-corrected chi connectivity index (χ4v) is 2.35. The van der Waals surface area contributed by atoms with Crippen LogP contribution in [0.1, 0.15) is 0 Å². The van der Waals surface area contributed by atoms with Gasteiger partial charge in [-0.15, -0.1) is 0 Å². The van der Waals surface area contributed by atoms with Crippen molar-refractivity contribution in [1.29, 1.82) is 0 Å². The van der Waals surface area contributed by atoms with E-state index >= 15 is 0 Å². The Kier molecular flexibility index (Phi) is 1.65. The summed E-state index contributed by atoms with van der Waals surface area (Å²) in [7, 11) is 1.15. The molecule has 1 aliphatic heterocycles. The van der Waals surface area contributed by atoms with Gasteiger partial charge in [0.2, 0.25) is 0 Å². The molecule has 0 N–H and O–H groups in total. The van der Waals surface area contributed by atoms with Crippen molar-refractivity contribution in [1.82, 2.24) is 0 Å². The van der Waals surface area contributed by atoms with Crippen molar-refractivity contribution >= 4 is 9.04 Å². The fraction of sp³-hybridized carbons (Fsp3) is 0.600. The van der Waals surface area contributed by atoms with E-state index in [1.807, 2.05) is 7.11 Å². The van der Waals surface area contributed by atoms with Gasteiger partial charge < -0.3 is 4.43 Å². The van der Waals surface area contributed by atoms with Gasteiger partial charge in [-0.2, -0.15) is 0 Å². The van der Waals surface area contributed by atoms with Crippen LogP contribution in [0.3, 0.4) is 0 Å². The van der Waals surface area contributed by atoms with Crippen LogP contribution in [-0.2, 0) is 4.43 Å². The topological polar surface area (TPSA) is 9.23 Å². The van der Waals surface area contributed by atoms with E-state index in [4.69, 9.17) is 4.43 Å². The Morgan fingerprint density at radius 2 is 2.00 bits per heavy atom. The van der Waals surface area contributed by atoms with Crippen LogP contribution in [0.2, 0.25) is 12.1 Å². The lowest BCUT2D eigenvalue weighted by Gasteiger charge is -2.00. The van der Waals surface area contributed by atoms with Crippen LogP contribution in [0.5, 0.6) is 0 Å². The van der Waals surface area contributed by atoms with Crippen LogP contribution < -0.4 is 0 Å². The fourth-order valence-electron chi connectivity index (χ4n) is 0.785. The third-order valence-electron chi connectivity index (χ3n) is 1.30. The molecule has 2 heteroatoms. The lowest BCUT2D eigenvalue weighted by atomic mass is 10.6. The van der Waals surface area contributed by atoms with E-state index in [9.17, 15) is 0 Å². The Morgan fingerprint density at radius 1 is 1.43 bits per heavy atom. The molecular formula is C5H10OSi. The summed E-state index contributed by atoms with van der Waals surface area (Å²) in [5.74, 6) is 0. The van der Waals surface area contributed by atoms with Crippen LogP contribution >= 0.6 is 0 Å². The van der Waals surface area contributed by atoms with Crippen LogP contribution in [0.15, 0.2) is 12.2 Å². The molecule has 1 heterocycles. The van der Waals surface area contributed by atoms with E-state index in [0.717, 1.165) is 0 Å². The monoisotopic (exact) mass is 114 g/mol. The van der Waals surface area contributed by atoms with Gasteiger partial charge in [-0.1, -0.05) is 12.2 Å². The van der Waals surface area contributed by atoms with Gasteiger partial charge in [-0.25, -0.2) is 0 Å². The van der Waals surface area contributed by atoms with E-state index in [-0.39, 0.29) is 0 Å². The van der Waals surface area contributed by atoms with Gasteiger partial charge in [0.15, 0.2) is 9.04 Å². The maximum atomic E-state index is 5.19. The summed E-state index contributed by atoms with van der Waals surface area (Å²) in [5.41, 5.74) is 0. The van der Waals surface area contributed by atoms with E-state index in [0.29, 0.717) is 0 Å². The van der Waals surface area contributed by atoms with Crippen molar-refractivity contribution in [2.24, 2.45) is 0 Å². The Morgan fingerprint density at radius 3 is 2.29 bits per heavy atom. The van der Waals surface area contributed by atoms with E-state index in [2.05, 4.69) is 12.2 Å². The summed E-state index contributed by atoms with van der Waals surface area (Å²) < 4.78 is 5.19. The summed E-state index contributed by atoms with van der Waals surface area (Å²) in [6.07, 6.45) is 4.45. The number of rotatable bonds is 1. The van der Waals surface area contributed by atoms with Gasteiger partial charge in [0.25, 0.3) is 0 Å². The molecule has 0 fully saturated rings. The zero-order chi connectivity index (χ0) is 5.11. The van der Waals surface area contributed by atoms with Crippen molar-refractivity contribution in [2.45, 2.75) is 12.1 Å². The summed E-state index contributed by atoms with van der Waals surface area (Å²) in [5, 5.41) is 0. The molecule has 0 bridgehead atoms. The molecule has 0 spiro atoms. The minimum atomic E-state index is -0.671. The van der Waals surface area contributed by atoms with Crippen LogP contribution in [0, 0.1) is 0 Å². The molecule has 0 saturated heterocycles. The molecule has 1 aliphatic rings. The van der Waals surface area contributed by atoms with Crippen molar-refractivity contribution in [2.75, 3.05) is 7.11 Å². The third-order valence-corrected chi connectivity index (χ3v) is 3.56. The van der Waals surface area contributed by atoms with Gasteiger partial charge in [0.05, 0.1) is 0 Å². The molecule has 0 atom stereocenters. The zero-order valence-electron chi connectivity index (χ0n) is 4.55. The zero-order valence-corrected chi connectivity index (χ0v) is 5.71. The molecule has 0 amide bonds. The molecule has 1 rings (SSSR count). The Hall–Kier alpha value is -0.0831. The second-order valence-corrected chi connectivity index (χ2v) is 4.46. The molecule has 0 saturated carbocycles. The third kappa shape index (κ3) is 1.14. The van der Waals surface area contributed by atoms with Crippen LogP contribution in [0.4, 0.5) is 0 Å². The lowest BCUT2D eigenvalue weighted by Crippen LogP contribution is -2.08. The number of allylic oxidation sites excluding steroid dienone is 2. The molecule has 0 radical (unpaired) electrons. The summed E-state index contributed by atoms with van der Waals surface area (Å²) >= 11 is 0. The molecule has 0 aromatic heterocycles. The normalized spacial score (nSPS) is 21.3. The van der Waals surface area contributed by atoms with Crippen molar-refractivity contribution in [3.05, 3.63) is 12.2 Å². The predicted molar refractivity (Wildman–Crippen MR) is 32.9 cm³/mol. The van der Waals surface area contributed by atoms with Gasteiger partial charge >= 0.3 is 0 Å². The molecule has 0 aromatic rings. The van der Waals surface area contributed by atoms with Crippen LogP contribution in [0.25, 0.3) is 0 Å². The SMILES string of the molecule is CO[SiH]1CC=CC1. The molecule has 0 unspecified atom stereocenters. The minimum absolute atomic E-state index is 0.671. The molecular weight excluding hydrogens is 104 g/mol. The summed E-state index contributed by atoms with van der Waals surface area (Å²) in [6, 6.07) is 2.49. The maximum absolute atomic E-state index is 5.19. The van der Waals surface area contributed by atoms with Gasteiger partial charge in [-0.3, -0.25) is 0 Å². The van der Waals surface area contributed by atoms with E-state index in [1.165, 1.54) is 12.1 Å². The number of hydrogen-bond acceptors (Lipinski definition) is 1. The first-order valence-electron chi connectivity index (χ1n) is 2.61. The standard InChI is InChI=1S/C5H10OSi/c1-6-7-4-2-3-5-7/h2-3,7H,4-5H2,1H3. The molecule has 7 heavy (non-hydrogen) atoms. The van der Waals surface area contributed by atoms with E-state index in [1.54, 1.807) is 0 Å². The van der Waals surface area contributed by atoms with Gasteiger partial charge in [0, 0.05) is 7.11 Å². The molecule has 1 nitrogen and oxygen atoms in total. The lowest BCUT2D eigenvalue weighted by molar-refractivity contribution is 0.425. The van der Waals surface area contributed by atoms with Crippen LogP contribution in [-0.4, -0.2) is 16.2 Å². The highest BCUT2D eigenvalue weighted by molar-refractivity contribution is 6.53. The number of hydrogen-bond donors (Lipinski definition) is 0. The minimum Gasteiger partial charge on any atom is -0.423 e. The average Bonchev–Trinajstić information content (AvgIpc) is 2.14. The Bertz CT molecular complexity index is 72.1. The highest BCUT2D eigenvalue weighted by atomic mass is 28.3. The highest BCUT2D eigenvalue weighted by Crippen LogP contribution is 2.09. The van der Waals surface area contributed by atoms with Gasteiger partial charge in [-0.05, 0) is 12.1 Å². The average molecular weight is 114 g/mol. The smallest absolute Gasteiger partial charge is 0.183 e. The van der Waals surface area contributed by atoms with Crippen molar-refractivity contribution < 1.29 is 4.43 Å². The second-order valence-electron chi connectivity index (χ2n) is 1.80. The summed E-state index contributed by atoms with van der Waals surface area (Å²) in [4.78, 5) is 0. The Labute approximate surface area is 45.7 Å². The second kappa shape index (κ2) is 2.28. The first-order chi connectivity index (χ1) is 3.43. The first kappa shape index (κ1) is 5.06. The molecule has 0 aliphatic carbocycles.